The van der Waals surface area contributed by atoms with Crippen molar-refractivity contribution in [2.75, 3.05) is 5.32 Å². The lowest BCUT2D eigenvalue weighted by atomic mass is 10.2. The maximum Gasteiger partial charge on any atom is 0.307 e. The molecule has 0 saturated heterocycles. The Kier molecular flexibility index (Phi) is 3.97. The zero-order chi connectivity index (χ0) is 14.9. The van der Waals surface area contributed by atoms with Crippen molar-refractivity contribution in [3.8, 4) is 5.75 Å². The van der Waals surface area contributed by atoms with Gasteiger partial charge in [0, 0.05) is 5.69 Å². The predicted octanol–water partition coefficient (Wildman–Crippen LogP) is 2.44. The predicted molar refractivity (Wildman–Crippen MR) is 74.8 cm³/mol. The highest BCUT2D eigenvalue weighted by Crippen LogP contribution is 2.39. The van der Waals surface area contributed by atoms with E-state index in [1.54, 1.807) is 6.07 Å². The summed E-state index contributed by atoms with van der Waals surface area (Å²) >= 11 is 0. The molecule has 2 unspecified atom stereocenters. The first-order chi connectivity index (χ1) is 9.38. The molecule has 1 aliphatic rings. The molecule has 108 valence electrons. The molecule has 1 amide bonds. The fraction of sp³-hybridized carbons (Fsp3) is 0.467. The first-order valence-electron chi connectivity index (χ1n) is 6.69. The number of aryl methyl sites for hydroxylation is 1. The average Bonchev–Trinajstić information content (AvgIpc) is 3.12. The van der Waals surface area contributed by atoms with Gasteiger partial charge in [-0.1, -0.05) is 0 Å². The highest BCUT2D eigenvalue weighted by Gasteiger charge is 2.48. The molecule has 0 aliphatic heterocycles. The monoisotopic (exact) mass is 277 g/mol. The highest BCUT2D eigenvalue weighted by atomic mass is 16.5. The van der Waals surface area contributed by atoms with Crippen LogP contribution in [-0.2, 0) is 9.59 Å². The molecule has 1 saturated carbocycles. The number of benzene rings is 1. The topological polar surface area (TPSA) is 75.6 Å². The zero-order valence-corrected chi connectivity index (χ0v) is 11.8. The van der Waals surface area contributed by atoms with Crippen LogP contribution in [0.25, 0.3) is 0 Å². The molecule has 1 aromatic carbocycles. The van der Waals surface area contributed by atoms with Gasteiger partial charge in [0.15, 0.2) is 0 Å². The molecule has 0 aromatic heterocycles. The number of carboxylic acid groups (broad SMARTS) is 1. The molecule has 20 heavy (non-hydrogen) atoms. The van der Waals surface area contributed by atoms with Gasteiger partial charge in [0.25, 0.3) is 0 Å². The molecule has 0 spiro atoms. The van der Waals surface area contributed by atoms with Crippen LogP contribution in [0.2, 0.25) is 0 Å². The van der Waals surface area contributed by atoms with E-state index in [-0.39, 0.29) is 12.0 Å². The van der Waals surface area contributed by atoms with Crippen LogP contribution < -0.4 is 10.1 Å². The standard InChI is InChI=1S/C15H19NO4/c1-8(2)20-13-5-4-10(6-9(13)3)16-14(17)11-7-12(11)15(18)19/h4-6,8,11-12H,7H2,1-3H3,(H,16,17)(H,18,19). The second-order valence-corrected chi connectivity index (χ2v) is 5.42. The van der Waals surface area contributed by atoms with E-state index in [1.165, 1.54) is 0 Å². The molecule has 5 nitrogen and oxygen atoms in total. The smallest absolute Gasteiger partial charge is 0.307 e. The van der Waals surface area contributed by atoms with E-state index in [0.717, 1.165) is 11.3 Å². The third-order valence-electron chi connectivity index (χ3n) is 3.25. The van der Waals surface area contributed by atoms with Gasteiger partial charge in [0.1, 0.15) is 5.75 Å². The van der Waals surface area contributed by atoms with Crippen LogP contribution in [0.1, 0.15) is 25.8 Å². The summed E-state index contributed by atoms with van der Waals surface area (Å²) in [5.41, 5.74) is 1.60. The van der Waals surface area contributed by atoms with Crippen LogP contribution in [0.5, 0.6) is 5.75 Å². The van der Waals surface area contributed by atoms with Gasteiger partial charge in [0.05, 0.1) is 17.9 Å². The largest absolute Gasteiger partial charge is 0.491 e. The van der Waals surface area contributed by atoms with Gasteiger partial charge in [0.2, 0.25) is 5.91 Å². The summed E-state index contributed by atoms with van der Waals surface area (Å²) < 4.78 is 5.62. The van der Waals surface area contributed by atoms with E-state index in [4.69, 9.17) is 9.84 Å². The van der Waals surface area contributed by atoms with Gasteiger partial charge in [-0.25, -0.2) is 0 Å². The molecule has 1 fully saturated rings. The molecule has 0 heterocycles. The summed E-state index contributed by atoms with van der Waals surface area (Å²) in [6.45, 7) is 5.81. The van der Waals surface area contributed by atoms with Crippen molar-refractivity contribution in [2.24, 2.45) is 11.8 Å². The molecule has 2 N–H and O–H groups in total. The van der Waals surface area contributed by atoms with Gasteiger partial charge in [-0.15, -0.1) is 0 Å². The highest BCUT2D eigenvalue weighted by molar-refractivity contribution is 5.98. The summed E-state index contributed by atoms with van der Waals surface area (Å²) in [6.07, 6.45) is 0.520. The minimum Gasteiger partial charge on any atom is -0.491 e. The van der Waals surface area contributed by atoms with E-state index in [9.17, 15) is 9.59 Å². The molecular formula is C15H19NO4. The summed E-state index contributed by atoms with van der Waals surface area (Å²) in [5.74, 6) is -1.27. The van der Waals surface area contributed by atoms with Gasteiger partial charge in [-0.2, -0.15) is 0 Å². The Hall–Kier alpha value is -2.04. The Labute approximate surface area is 117 Å². The van der Waals surface area contributed by atoms with E-state index in [2.05, 4.69) is 5.32 Å². The molecule has 0 bridgehead atoms. The van der Waals surface area contributed by atoms with Crippen LogP contribution in [0.3, 0.4) is 0 Å². The van der Waals surface area contributed by atoms with Crippen LogP contribution in [0, 0.1) is 18.8 Å². The molecule has 1 aromatic rings. The fourth-order valence-electron chi connectivity index (χ4n) is 2.11. The maximum absolute atomic E-state index is 11.9. The van der Waals surface area contributed by atoms with Crippen LogP contribution in [-0.4, -0.2) is 23.1 Å². The Balaban J connectivity index is 1.99. The second-order valence-electron chi connectivity index (χ2n) is 5.42. The Morgan fingerprint density at radius 1 is 1.35 bits per heavy atom. The number of ether oxygens (including phenoxy) is 1. The zero-order valence-electron chi connectivity index (χ0n) is 11.8. The lowest BCUT2D eigenvalue weighted by molar-refractivity contribution is -0.139. The second kappa shape index (κ2) is 5.53. The summed E-state index contributed by atoms with van der Waals surface area (Å²) in [4.78, 5) is 22.6. The van der Waals surface area contributed by atoms with Gasteiger partial charge in [-0.05, 0) is 51.0 Å². The minimum absolute atomic E-state index is 0.0944. The van der Waals surface area contributed by atoms with Crippen LogP contribution in [0.15, 0.2) is 18.2 Å². The van der Waals surface area contributed by atoms with Gasteiger partial charge >= 0.3 is 5.97 Å². The summed E-state index contributed by atoms with van der Waals surface area (Å²) in [5, 5.41) is 11.6. The Morgan fingerprint density at radius 3 is 2.55 bits per heavy atom. The maximum atomic E-state index is 11.9. The Bertz CT molecular complexity index is 539. The normalized spacial score (nSPS) is 20.6. The third-order valence-corrected chi connectivity index (χ3v) is 3.25. The van der Waals surface area contributed by atoms with Crippen molar-refractivity contribution in [1.29, 1.82) is 0 Å². The molecule has 1 aliphatic carbocycles. The van der Waals surface area contributed by atoms with E-state index >= 15 is 0 Å². The number of carboxylic acids is 1. The number of nitrogens with one attached hydrogen (secondary N) is 1. The fourth-order valence-corrected chi connectivity index (χ4v) is 2.11. The number of amides is 1. The molecule has 5 heteroatoms. The van der Waals surface area contributed by atoms with E-state index < -0.39 is 17.8 Å². The van der Waals surface area contributed by atoms with Crippen molar-refractivity contribution >= 4 is 17.6 Å². The van der Waals surface area contributed by atoms with E-state index in [1.807, 2.05) is 32.9 Å². The van der Waals surface area contributed by atoms with Gasteiger partial charge in [-0.3, -0.25) is 9.59 Å². The number of carbonyl (C=O) groups is 2. The van der Waals surface area contributed by atoms with Crippen LogP contribution >= 0.6 is 0 Å². The van der Waals surface area contributed by atoms with Crippen molar-refractivity contribution in [2.45, 2.75) is 33.3 Å². The molecule has 0 radical (unpaired) electrons. The number of anilines is 1. The summed E-state index contributed by atoms with van der Waals surface area (Å²) in [7, 11) is 0. The molecular weight excluding hydrogens is 258 g/mol. The lowest BCUT2D eigenvalue weighted by Crippen LogP contribution is -2.17. The van der Waals surface area contributed by atoms with Crippen molar-refractivity contribution in [3.05, 3.63) is 23.8 Å². The minimum atomic E-state index is -0.901. The first kappa shape index (κ1) is 14.4. The van der Waals surface area contributed by atoms with Crippen molar-refractivity contribution in [3.63, 3.8) is 0 Å². The lowest BCUT2D eigenvalue weighted by Gasteiger charge is -2.13. The third kappa shape index (κ3) is 3.29. The average molecular weight is 277 g/mol. The van der Waals surface area contributed by atoms with Crippen molar-refractivity contribution in [1.82, 2.24) is 0 Å². The van der Waals surface area contributed by atoms with Crippen molar-refractivity contribution < 1.29 is 19.4 Å². The van der Waals surface area contributed by atoms with Crippen LogP contribution in [0.4, 0.5) is 5.69 Å². The van der Waals surface area contributed by atoms with Gasteiger partial charge < -0.3 is 15.2 Å². The number of rotatable bonds is 5. The molecule has 2 rings (SSSR count). The van der Waals surface area contributed by atoms with E-state index in [0.29, 0.717) is 12.1 Å². The Morgan fingerprint density at radius 2 is 2.05 bits per heavy atom. The number of hydrogen-bond acceptors (Lipinski definition) is 3. The number of aliphatic carboxylic acids is 1. The summed E-state index contributed by atoms with van der Waals surface area (Å²) in [6, 6.07) is 5.40. The number of hydrogen-bond donors (Lipinski definition) is 2. The SMILES string of the molecule is Cc1cc(NC(=O)C2CC2C(=O)O)ccc1OC(C)C. The molecule has 2 atom stereocenters. The quantitative estimate of drug-likeness (QED) is 0.866. The number of carbonyl (C=O) groups excluding carboxylic acids is 1. The first-order valence-corrected chi connectivity index (χ1v) is 6.69.